The van der Waals surface area contributed by atoms with Gasteiger partial charge in [0.25, 0.3) is 5.91 Å². The van der Waals surface area contributed by atoms with Crippen LogP contribution in [0.4, 0.5) is 14.5 Å². The molecule has 0 aliphatic carbocycles. The first-order valence-electron chi connectivity index (χ1n) is 9.30. The normalized spacial score (nSPS) is 12.1. The first-order chi connectivity index (χ1) is 14.4. The van der Waals surface area contributed by atoms with Crippen molar-refractivity contribution >= 4 is 27.4 Å². The van der Waals surface area contributed by atoms with Gasteiger partial charge in [0.15, 0.2) is 12.4 Å². The van der Waals surface area contributed by atoms with E-state index in [-0.39, 0.29) is 17.5 Å². The third kappa shape index (κ3) is 7.09. The highest BCUT2D eigenvalue weighted by molar-refractivity contribution is 7.91. The second-order valence-corrected chi connectivity index (χ2v) is 9.57. The molecule has 0 aliphatic rings. The van der Waals surface area contributed by atoms with E-state index in [1.807, 2.05) is 20.8 Å². The molecular weight excluding hydrogens is 436 g/mol. The maximum Gasteiger partial charge on any atom is 0.341 e. The van der Waals surface area contributed by atoms with Gasteiger partial charge in [-0.2, -0.15) is 13.8 Å². The number of alkyl halides is 2. The summed E-state index contributed by atoms with van der Waals surface area (Å²) in [6.45, 7) is 5.29. The van der Waals surface area contributed by atoms with E-state index in [0.29, 0.717) is 24.6 Å². The van der Waals surface area contributed by atoms with Crippen LogP contribution in [-0.4, -0.2) is 42.8 Å². The molecule has 0 radical (unpaired) electrons. The van der Waals surface area contributed by atoms with Gasteiger partial charge < -0.3 is 14.6 Å². The van der Waals surface area contributed by atoms with Crippen LogP contribution >= 0.6 is 0 Å². The van der Waals surface area contributed by atoms with Crippen molar-refractivity contribution in [1.82, 2.24) is 10.1 Å². The number of sulfone groups is 1. The van der Waals surface area contributed by atoms with Crippen molar-refractivity contribution in [2.75, 3.05) is 11.9 Å². The molecule has 0 saturated carbocycles. The Labute approximate surface area is 178 Å². The van der Waals surface area contributed by atoms with E-state index in [1.165, 1.54) is 0 Å². The summed E-state index contributed by atoms with van der Waals surface area (Å²) in [5, 5.41) is 6.26. The van der Waals surface area contributed by atoms with Crippen LogP contribution < -0.4 is 5.32 Å². The Hall–Kier alpha value is -2.89. The quantitative estimate of drug-likeness (QED) is 0.567. The number of amides is 1. The summed E-state index contributed by atoms with van der Waals surface area (Å²) in [7, 11) is -4.71. The average molecular weight is 459 g/mol. The van der Waals surface area contributed by atoms with Crippen LogP contribution in [0, 0.1) is 0 Å². The molecule has 1 heterocycles. The highest BCUT2D eigenvalue weighted by Crippen LogP contribution is 2.20. The van der Waals surface area contributed by atoms with Gasteiger partial charge in [-0.05, 0) is 30.7 Å². The van der Waals surface area contributed by atoms with Gasteiger partial charge in [0, 0.05) is 23.9 Å². The molecule has 1 N–H and O–H groups in total. The van der Waals surface area contributed by atoms with Gasteiger partial charge in [-0.3, -0.25) is 9.59 Å². The number of rotatable bonds is 9. The van der Waals surface area contributed by atoms with Gasteiger partial charge in [0.05, 0.1) is 4.90 Å². The lowest BCUT2D eigenvalue weighted by atomic mass is 9.96. The smallest absolute Gasteiger partial charge is 0.341 e. The van der Waals surface area contributed by atoms with Crippen LogP contribution in [-0.2, 0) is 36.0 Å². The highest BCUT2D eigenvalue weighted by Gasteiger charge is 2.26. The fourth-order valence-corrected chi connectivity index (χ4v) is 3.01. The van der Waals surface area contributed by atoms with Crippen LogP contribution in [0.3, 0.4) is 0 Å². The molecule has 0 bridgehead atoms. The minimum atomic E-state index is -4.71. The van der Waals surface area contributed by atoms with Crippen molar-refractivity contribution < 1.29 is 36.0 Å². The highest BCUT2D eigenvalue weighted by atomic mass is 32.2. The predicted molar refractivity (Wildman–Crippen MR) is 105 cm³/mol. The fraction of sp³-hybridized carbons (Fsp3) is 0.474. The van der Waals surface area contributed by atoms with Gasteiger partial charge in [-0.15, -0.1) is 0 Å². The van der Waals surface area contributed by atoms with Crippen LogP contribution in [0.15, 0.2) is 33.7 Å². The number of hydrogen-bond donors (Lipinski definition) is 1. The average Bonchev–Trinajstić information content (AvgIpc) is 3.16. The Morgan fingerprint density at radius 1 is 1.19 bits per heavy atom. The Morgan fingerprint density at radius 2 is 1.84 bits per heavy atom. The van der Waals surface area contributed by atoms with E-state index in [9.17, 15) is 26.8 Å². The first-order valence-corrected chi connectivity index (χ1v) is 10.8. The Morgan fingerprint density at radius 3 is 2.39 bits per heavy atom. The van der Waals surface area contributed by atoms with Crippen LogP contribution in [0.1, 0.15) is 45.3 Å². The van der Waals surface area contributed by atoms with Crippen molar-refractivity contribution in [3.63, 3.8) is 0 Å². The van der Waals surface area contributed by atoms with Gasteiger partial charge in [-0.25, -0.2) is 8.42 Å². The van der Waals surface area contributed by atoms with E-state index in [2.05, 4.69) is 15.5 Å². The summed E-state index contributed by atoms with van der Waals surface area (Å²) in [4.78, 5) is 27.3. The molecule has 2 rings (SSSR count). The summed E-state index contributed by atoms with van der Waals surface area (Å²) in [6, 6.07) is 4.22. The first kappa shape index (κ1) is 24.4. The molecule has 9 nitrogen and oxygen atoms in total. The summed E-state index contributed by atoms with van der Waals surface area (Å²) >= 11 is 0. The summed E-state index contributed by atoms with van der Waals surface area (Å²) in [6.07, 6.45) is 0.825. The molecule has 0 saturated heterocycles. The maximum absolute atomic E-state index is 12.5. The number of aryl methyl sites for hydroxylation is 1. The maximum atomic E-state index is 12.5. The number of nitrogens with zero attached hydrogens (tertiary/aromatic N) is 2. The van der Waals surface area contributed by atoms with Gasteiger partial charge >= 0.3 is 11.7 Å². The Bertz CT molecular complexity index is 1010. The number of carbonyl (C=O) groups excluding carboxylic acids is 2. The molecule has 0 unspecified atom stereocenters. The van der Waals surface area contributed by atoms with Crippen molar-refractivity contribution in [3.05, 3.63) is 36.0 Å². The third-order valence-electron chi connectivity index (χ3n) is 3.98. The zero-order chi connectivity index (χ0) is 23.2. The molecule has 1 aromatic heterocycles. The van der Waals surface area contributed by atoms with E-state index in [0.717, 1.165) is 24.3 Å². The summed E-state index contributed by atoms with van der Waals surface area (Å²) in [5.74, 6) is -3.81. The zero-order valence-electron chi connectivity index (χ0n) is 17.2. The molecule has 0 fully saturated rings. The molecule has 0 spiro atoms. The minimum Gasteiger partial charge on any atom is -0.456 e. The lowest BCUT2D eigenvalue weighted by Gasteiger charge is -2.10. The van der Waals surface area contributed by atoms with Crippen molar-refractivity contribution in [2.24, 2.45) is 0 Å². The largest absolute Gasteiger partial charge is 0.456 e. The summed E-state index contributed by atoms with van der Waals surface area (Å²) < 4.78 is 57.7. The monoisotopic (exact) mass is 459 g/mol. The molecule has 31 heavy (non-hydrogen) atoms. The number of carbonyl (C=O) groups is 2. The van der Waals surface area contributed by atoms with Gasteiger partial charge in [0.2, 0.25) is 15.7 Å². The Balaban J connectivity index is 1.73. The molecule has 1 aromatic carbocycles. The van der Waals surface area contributed by atoms with Crippen LogP contribution in [0.25, 0.3) is 0 Å². The minimum absolute atomic E-state index is 0.0424. The van der Waals surface area contributed by atoms with E-state index in [4.69, 9.17) is 9.26 Å². The number of anilines is 1. The lowest BCUT2D eigenvalue weighted by molar-refractivity contribution is -0.147. The molecule has 0 atom stereocenters. The lowest BCUT2D eigenvalue weighted by Crippen LogP contribution is -2.21. The molecule has 2 aromatic rings. The second-order valence-electron chi connectivity index (χ2n) is 7.65. The number of nitrogens with one attached hydrogen (secondary N) is 1. The van der Waals surface area contributed by atoms with E-state index >= 15 is 0 Å². The zero-order valence-corrected chi connectivity index (χ0v) is 18.0. The van der Waals surface area contributed by atoms with Crippen molar-refractivity contribution in [2.45, 2.75) is 56.1 Å². The number of benzene rings is 1. The number of esters is 1. The van der Waals surface area contributed by atoms with Gasteiger partial charge in [0.1, 0.15) is 0 Å². The molecule has 170 valence electrons. The summed E-state index contributed by atoms with van der Waals surface area (Å²) in [5.41, 5.74) is -0.0776. The third-order valence-corrected chi connectivity index (χ3v) is 5.37. The van der Waals surface area contributed by atoms with Crippen LogP contribution in [0.5, 0.6) is 0 Å². The number of aromatic nitrogens is 2. The predicted octanol–water partition coefficient (Wildman–Crippen LogP) is 2.87. The molecular formula is C19H23F2N3O6S. The number of hydrogen-bond acceptors (Lipinski definition) is 8. The Kier molecular flexibility index (Phi) is 7.82. The van der Waals surface area contributed by atoms with Crippen molar-refractivity contribution in [3.8, 4) is 0 Å². The molecule has 1 amide bonds. The van der Waals surface area contributed by atoms with E-state index in [1.54, 1.807) is 0 Å². The van der Waals surface area contributed by atoms with Crippen LogP contribution in [0.2, 0.25) is 0 Å². The van der Waals surface area contributed by atoms with Crippen molar-refractivity contribution in [1.29, 1.82) is 0 Å². The van der Waals surface area contributed by atoms with E-state index < -0.39 is 39.0 Å². The topological polar surface area (TPSA) is 128 Å². The molecule has 12 heteroatoms. The second kappa shape index (κ2) is 9.94. The SMILES string of the molecule is CC(C)(C)c1noc(CCCC(=O)OCC(=O)Nc2ccc(S(=O)(=O)C(F)F)cc2)n1. The standard InChI is InChI=1S/C19H23F2N3O6S/c1-19(2,3)17-23-15(30-24-17)5-4-6-16(26)29-11-14(25)22-12-7-9-13(10-8-12)31(27,28)18(20)21/h7-10,18H,4-6,11H2,1-3H3,(H,22,25). The number of halogens is 2. The van der Waals surface area contributed by atoms with Gasteiger partial charge in [-0.1, -0.05) is 25.9 Å². The molecule has 0 aliphatic heterocycles. The number of ether oxygens (including phenoxy) is 1. The fourth-order valence-electron chi connectivity index (χ4n) is 2.29.